The van der Waals surface area contributed by atoms with Crippen molar-refractivity contribution in [3.63, 3.8) is 0 Å². The van der Waals surface area contributed by atoms with Crippen molar-refractivity contribution in [1.29, 1.82) is 0 Å². The monoisotopic (exact) mass is 459 g/mol. The molecule has 0 aromatic heterocycles. The van der Waals surface area contributed by atoms with E-state index in [0.717, 1.165) is 0 Å². The van der Waals surface area contributed by atoms with Gasteiger partial charge in [0.2, 0.25) is 0 Å². The Labute approximate surface area is 178 Å². The van der Waals surface area contributed by atoms with Crippen molar-refractivity contribution in [2.75, 3.05) is 47.5 Å². The van der Waals surface area contributed by atoms with E-state index in [4.69, 9.17) is 19.7 Å². The molecule has 1 saturated heterocycles. The molecule has 0 aromatic carbocycles. The third kappa shape index (κ3) is 10.2. The zero-order valence-corrected chi connectivity index (χ0v) is 17.5. The largest absolute Gasteiger partial charge is 0.544 e. The van der Waals surface area contributed by atoms with Crippen LogP contribution >= 0.6 is 0 Å². The van der Waals surface area contributed by atoms with Crippen molar-refractivity contribution in [3.8, 4) is 0 Å². The van der Waals surface area contributed by atoms with Gasteiger partial charge < -0.3 is 64.7 Å². The lowest BCUT2D eigenvalue weighted by atomic mass is 9.99. The molecule has 8 N–H and O–H groups in total. The number of aliphatic carboxylic acids is 1. The predicted molar refractivity (Wildman–Crippen MR) is 97.7 cm³/mol. The van der Waals surface area contributed by atoms with Gasteiger partial charge in [-0.3, -0.25) is 4.79 Å². The first-order valence-electron chi connectivity index (χ1n) is 9.26. The van der Waals surface area contributed by atoms with Gasteiger partial charge in [0, 0.05) is 0 Å². The zero-order valence-electron chi connectivity index (χ0n) is 17.5. The second-order valence-electron chi connectivity index (χ2n) is 7.98. The molecular weight excluding hydrogens is 426 g/mol. The van der Waals surface area contributed by atoms with Crippen molar-refractivity contribution >= 4 is 11.8 Å². The van der Waals surface area contributed by atoms with Crippen LogP contribution in [0.3, 0.4) is 0 Å². The Balaban J connectivity index is 0.000000954. The number of Topliss-reactive ketones (excluding diaryl/α,β-unsaturated/α-hetero) is 1. The van der Waals surface area contributed by atoms with Gasteiger partial charge in [-0.15, -0.1) is 0 Å². The summed E-state index contributed by atoms with van der Waals surface area (Å²) in [5, 5.41) is 84.7. The van der Waals surface area contributed by atoms with Crippen molar-refractivity contribution in [2.24, 2.45) is 0 Å². The van der Waals surface area contributed by atoms with Crippen molar-refractivity contribution in [3.05, 3.63) is 0 Å². The molecule has 0 spiro atoms. The summed E-state index contributed by atoms with van der Waals surface area (Å²) in [6.45, 7) is -2.34. The van der Waals surface area contributed by atoms with Crippen LogP contribution in [0.1, 0.15) is 0 Å². The molecule has 1 aliphatic heterocycles. The van der Waals surface area contributed by atoms with Crippen LogP contribution in [0.5, 0.6) is 0 Å². The Morgan fingerprint density at radius 1 is 1.03 bits per heavy atom. The average molecular weight is 459 g/mol. The molecule has 14 nitrogen and oxygen atoms in total. The number of carbonyl (C=O) groups excluding carboxylic acids is 2. The highest BCUT2D eigenvalue weighted by molar-refractivity contribution is 5.84. The minimum absolute atomic E-state index is 0.0694. The van der Waals surface area contributed by atoms with Crippen LogP contribution in [0, 0.1) is 0 Å². The second kappa shape index (κ2) is 13.3. The normalized spacial score (nSPS) is 29.3. The molecule has 0 aromatic rings. The Morgan fingerprint density at radius 2 is 1.58 bits per heavy atom. The lowest BCUT2D eigenvalue weighted by Gasteiger charge is -2.40. The molecule has 1 rings (SSSR count). The van der Waals surface area contributed by atoms with E-state index in [1.165, 1.54) is 0 Å². The van der Waals surface area contributed by atoms with Crippen LogP contribution in [0.15, 0.2) is 0 Å². The van der Waals surface area contributed by atoms with E-state index < -0.39 is 80.6 Å². The number of ether oxygens (including phenoxy) is 2. The Morgan fingerprint density at radius 3 is 1.97 bits per heavy atom. The SMILES string of the molecule is C[N+](C)(C)CC(=O)[O-].O=C(CO)[C@@H](O)[C@H](O)[C@H](O)CO[C@H]1O[C@H](CO)[C@@H](O)[C@H](O)[C@H]1O. The maximum Gasteiger partial charge on any atom is 0.189 e. The fraction of sp³-hybridized carbons (Fsp3) is 0.882. The van der Waals surface area contributed by atoms with Crippen LogP contribution in [0.25, 0.3) is 0 Å². The molecule has 8 atom stereocenters. The maximum absolute atomic E-state index is 11.0. The van der Waals surface area contributed by atoms with Gasteiger partial charge in [0.25, 0.3) is 0 Å². The Kier molecular flexibility index (Phi) is 12.7. The molecule has 1 fully saturated rings. The molecule has 1 heterocycles. The van der Waals surface area contributed by atoms with Gasteiger partial charge in [0.05, 0.1) is 40.3 Å². The summed E-state index contributed by atoms with van der Waals surface area (Å²) in [6.07, 6.45) is -13.4. The molecule has 31 heavy (non-hydrogen) atoms. The van der Waals surface area contributed by atoms with E-state index in [2.05, 4.69) is 0 Å². The van der Waals surface area contributed by atoms with Crippen LogP contribution in [-0.2, 0) is 19.1 Å². The molecule has 0 bridgehead atoms. The van der Waals surface area contributed by atoms with Gasteiger partial charge in [0.15, 0.2) is 12.1 Å². The maximum atomic E-state index is 11.0. The first-order valence-corrected chi connectivity index (χ1v) is 9.26. The summed E-state index contributed by atoms with van der Waals surface area (Å²) in [7, 11) is 5.40. The lowest BCUT2D eigenvalue weighted by molar-refractivity contribution is -0.864. The third-order valence-electron chi connectivity index (χ3n) is 4.09. The number of hydrogen-bond acceptors (Lipinski definition) is 13. The summed E-state index contributed by atoms with van der Waals surface area (Å²) in [4.78, 5) is 20.9. The van der Waals surface area contributed by atoms with Gasteiger partial charge in [-0.25, -0.2) is 0 Å². The molecule has 0 aliphatic carbocycles. The number of carboxylic acid groups (broad SMARTS) is 1. The molecule has 1 aliphatic rings. The van der Waals surface area contributed by atoms with Crippen LogP contribution in [-0.4, -0.2) is 154 Å². The fourth-order valence-corrected chi connectivity index (χ4v) is 2.38. The Bertz CT molecular complexity index is 553. The summed E-state index contributed by atoms with van der Waals surface area (Å²) in [6, 6.07) is 0. The fourth-order valence-electron chi connectivity index (χ4n) is 2.38. The van der Waals surface area contributed by atoms with Crippen LogP contribution in [0.2, 0.25) is 0 Å². The Hall–Kier alpha value is -1.30. The molecular formula is C17H33NO13. The number of aliphatic hydroxyl groups excluding tert-OH is 8. The van der Waals surface area contributed by atoms with Crippen molar-refractivity contribution in [2.45, 2.75) is 49.0 Å². The number of carbonyl (C=O) groups is 2. The molecule has 0 saturated carbocycles. The summed E-state index contributed by atoms with van der Waals surface area (Å²) < 4.78 is 10.4. The third-order valence-corrected chi connectivity index (χ3v) is 4.09. The number of likely N-dealkylation sites (N-methyl/N-ethyl adjacent to an activating group) is 1. The first-order chi connectivity index (χ1) is 14.2. The molecule has 184 valence electrons. The quantitative estimate of drug-likeness (QED) is 0.142. The highest BCUT2D eigenvalue weighted by atomic mass is 16.7. The van der Waals surface area contributed by atoms with Gasteiger partial charge in [-0.05, 0) is 0 Å². The van der Waals surface area contributed by atoms with Gasteiger partial charge in [-0.1, -0.05) is 0 Å². The van der Waals surface area contributed by atoms with E-state index in [1.807, 2.05) is 0 Å². The number of hydrogen-bond donors (Lipinski definition) is 8. The number of aliphatic hydroxyl groups is 8. The van der Waals surface area contributed by atoms with E-state index in [1.54, 1.807) is 21.1 Å². The standard InChI is InChI=1S/C12H22O11.C5H11NO2/c13-1-4(15)7(17)8(18)5(16)3-22-12-11(21)10(20)9(19)6(2-14)23-12;1-6(2,3)4-5(7)8/h5-14,16-21H,1-3H2;4H2,1-3H3/t5-,6-,7-,8-,9-,10+,11-,12+;/m1./s1. The van der Waals surface area contributed by atoms with Gasteiger partial charge in [-0.2, -0.15) is 0 Å². The second-order valence-corrected chi connectivity index (χ2v) is 7.98. The highest BCUT2D eigenvalue weighted by Crippen LogP contribution is 2.22. The minimum Gasteiger partial charge on any atom is -0.544 e. The van der Waals surface area contributed by atoms with Crippen LogP contribution in [0.4, 0.5) is 0 Å². The van der Waals surface area contributed by atoms with Crippen molar-refractivity contribution in [1.82, 2.24) is 0 Å². The zero-order chi connectivity index (χ0) is 24.5. The molecule has 14 heteroatoms. The first kappa shape index (κ1) is 29.7. The number of quaternary nitrogens is 1. The number of ketones is 1. The smallest absolute Gasteiger partial charge is 0.189 e. The van der Waals surface area contributed by atoms with E-state index in [-0.39, 0.29) is 6.54 Å². The summed E-state index contributed by atoms with van der Waals surface area (Å²) in [5.41, 5.74) is 0. The van der Waals surface area contributed by atoms with E-state index in [9.17, 15) is 45.3 Å². The number of rotatable bonds is 10. The summed E-state index contributed by atoms with van der Waals surface area (Å²) >= 11 is 0. The lowest BCUT2D eigenvalue weighted by Crippen LogP contribution is -2.59. The van der Waals surface area contributed by atoms with Crippen LogP contribution < -0.4 is 5.11 Å². The minimum atomic E-state index is -2.03. The predicted octanol–water partition coefficient (Wildman–Crippen LogP) is -7.11. The van der Waals surface area contributed by atoms with Crippen molar-refractivity contribution < 1.29 is 69.5 Å². The highest BCUT2D eigenvalue weighted by Gasteiger charge is 2.44. The number of carboxylic acids is 1. The van der Waals surface area contributed by atoms with E-state index >= 15 is 0 Å². The van der Waals surface area contributed by atoms with E-state index in [0.29, 0.717) is 4.48 Å². The topological polar surface area (TPSA) is 237 Å². The molecule has 0 unspecified atom stereocenters. The van der Waals surface area contributed by atoms with Gasteiger partial charge in [0.1, 0.15) is 55.9 Å². The molecule has 0 amide bonds. The average Bonchev–Trinajstić information content (AvgIpc) is 2.68. The number of nitrogens with zero attached hydrogens (tertiary/aromatic N) is 1. The molecule has 0 radical (unpaired) electrons. The van der Waals surface area contributed by atoms with Gasteiger partial charge >= 0.3 is 0 Å². The summed E-state index contributed by atoms with van der Waals surface area (Å²) in [5.74, 6) is -2.11.